The number of allylic oxidation sites excluding steroid dienone is 1. The summed E-state index contributed by atoms with van der Waals surface area (Å²) < 4.78 is 0. The summed E-state index contributed by atoms with van der Waals surface area (Å²) in [5, 5.41) is 0. The fraction of sp³-hybridized carbons (Fsp3) is 0.867. The molecule has 0 heterocycles. The van der Waals surface area contributed by atoms with Gasteiger partial charge in [-0.1, -0.05) is 39.3 Å². The minimum atomic E-state index is 0.219. The molecule has 1 unspecified atom stereocenters. The zero-order valence-corrected chi connectivity index (χ0v) is 11.8. The smallest absolute Gasteiger partial charge is 0.0914 e. The van der Waals surface area contributed by atoms with E-state index in [9.17, 15) is 0 Å². The molecule has 3 atom stereocenters. The first-order valence-corrected chi connectivity index (χ1v) is 7.19. The van der Waals surface area contributed by atoms with Crippen molar-refractivity contribution in [2.45, 2.75) is 58.9 Å². The highest BCUT2D eigenvalue weighted by Crippen LogP contribution is 2.46. The molecule has 17 heavy (non-hydrogen) atoms. The van der Waals surface area contributed by atoms with Gasteiger partial charge >= 0.3 is 0 Å². The fourth-order valence-corrected chi connectivity index (χ4v) is 3.01. The molecule has 2 heteroatoms. The van der Waals surface area contributed by atoms with E-state index in [0.717, 1.165) is 12.5 Å². The number of rotatable bonds is 5. The van der Waals surface area contributed by atoms with Gasteiger partial charge in [0.2, 0.25) is 0 Å². The first kappa shape index (κ1) is 13.2. The van der Waals surface area contributed by atoms with Crippen LogP contribution in [0, 0.1) is 17.8 Å². The fourth-order valence-electron chi connectivity index (χ4n) is 3.01. The van der Waals surface area contributed by atoms with Gasteiger partial charge in [-0.2, -0.15) is 0 Å². The van der Waals surface area contributed by atoms with Gasteiger partial charge in [0, 0.05) is 12.6 Å². The summed E-state index contributed by atoms with van der Waals surface area (Å²) in [5.74, 6) is 2.36. The normalized spacial score (nSPS) is 29.5. The second kappa shape index (κ2) is 5.18. The van der Waals surface area contributed by atoms with Gasteiger partial charge in [0.15, 0.2) is 0 Å². The van der Waals surface area contributed by atoms with Crippen molar-refractivity contribution >= 4 is 7.85 Å². The van der Waals surface area contributed by atoms with Crippen LogP contribution < -0.4 is 0 Å². The Morgan fingerprint density at radius 3 is 2.59 bits per heavy atom. The van der Waals surface area contributed by atoms with Crippen LogP contribution in [-0.2, 0) is 0 Å². The van der Waals surface area contributed by atoms with Crippen LogP contribution in [0.15, 0.2) is 11.6 Å². The van der Waals surface area contributed by atoms with Gasteiger partial charge in [-0.15, -0.1) is 0 Å². The first-order valence-electron chi connectivity index (χ1n) is 7.19. The van der Waals surface area contributed by atoms with E-state index in [1.54, 1.807) is 5.57 Å². The predicted octanol–water partition coefficient (Wildman–Crippen LogP) is 3.20. The summed E-state index contributed by atoms with van der Waals surface area (Å²) in [4.78, 5) is 2.57. The Hall–Kier alpha value is -0.235. The van der Waals surface area contributed by atoms with Crippen LogP contribution in [0.4, 0.5) is 0 Å². The summed E-state index contributed by atoms with van der Waals surface area (Å²) in [6.07, 6.45) is 6.40. The van der Waals surface area contributed by atoms with Crippen molar-refractivity contribution in [3.8, 4) is 0 Å². The largest absolute Gasteiger partial charge is 0.305 e. The molecule has 1 saturated carbocycles. The summed E-state index contributed by atoms with van der Waals surface area (Å²) in [5.41, 5.74) is 1.71. The number of nitrogens with zero attached hydrogens (tertiary/aromatic N) is 1. The molecule has 0 aromatic carbocycles. The molecule has 0 aliphatic heterocycles. The quantitative estimate of drug-likeness (QED) is 0.518. The van der Waals surface area contributed by atoms with Crippen LogP contribution in [0.5, 0.6) is 0 Å². The molecule has 1 fully saturated rings. The topological polar surface area (TPSA) is 3.24 Å². The predicted molar refractivity (Wildman–Crippen MR) is 75.1 cm³/mol. The van der Waals surface area contributed by atoms with Crippen molar-refractivity contribution < 1.29 is 0 Å². The lowest BCUT2D eigenvalue weighted by Gasteiger charge is -2.40. The Morgan fingerprint density at radius 1 is 1.35 bits per heavy atom. The first-order chi connectivity index (χ1) is 7.99. The van der Waals surface area contributed by atoms with Gasteiger partial charge in [-0.05, 0) is 43.0 Å². The Kier molecular flexibility index (Phi) is 4.02. The lowest BCUT2D eigenvalue weighted by molar-refractivity contribution is 0.121. The maximum atomic E-state index is 6.40. The third-order valence-electron chi connectivity index (χ3n) is 4.17. The van der Waals surface area contributed by atoms with Gasteiger partial charge < -0.3 is 4.90 Å². The summed E-state index contributed by atoms with van der Waals surface area (Å²) >= 11 is 0. The zero-order valence-electron chi connectivity index (χ0n) is 11.8. The third-order valence-corrected chi connectivity index (χ3v) is 4.17. The van der Waals surface area contributed by atoms with Crippen LogP contribution in [0.1, 0.15) is 47.0 Å². The molecule has 1 nitrogen and oxygen atoms in total. The molecule has 94 valence electrons. The van der Waals surface area contributed by atoms with Crippen molar-refractivity contribution in [3.05, 3.63) is 11.6 Å². The van der Waals surface area contributed by atoms with Crippen LogP contribution in [0.2, 0.25) is 0 Å². The Balaban J connectivity index is 2.01. The second-order valence-electron chi connectivity index (χ2n) is 6.63. The molecule has 2 aliphatic rings. The van der Waals surface area contributed by atoms with Crippen LogP contribution >= 0.6 is 0 Å². The number of fused-ring (bicyclic) bond motifs is 1. The van der Waals surface area contributed by atoms with Gasteiger partial charge in [0.05, 0.1) is 7.85 Å². The molecule has 0 saturated heterocycles. The van der Waals surface area contributed by atoms with Crippen molar-refractivity contribution in [2.75, 3.05) is 6.54 Å². The standard InChI is InChI=1S/C15H26BN/c1-10(2)9-17(15(16)11(3)4)14-6-5-12-7-13(12)8-14/h5,10-11,13-15H,6-9H2,1-4H3/t13-,14+,15?/m0/s1. The molecule has 0 aromatic heterocycles. The molecule has 0 bridgehead atoms. The SMILES string of the molecule is [B]C(C(C)C)N(CC(C)C)[C@@H]1CC=C2C[C@H]2C1. The summed E-state index contributed by atoms with van der Waals surface area (Å²) in [7, 11) is 6.40. The summed E-state index contributed by atoms with van der Waals surface area (Å²) in [6.45, 7) is 10.2. The monoisotopic (exact) mass is 231 g/mol. The van der Waals surface area contributed by atoms with Gasteiger partial charge in [0.25, 0.3) is 0 Å². The van der Waals surface area contributed by atoms with E-state index < -0.39 is 0 Å². The average molecular weight is 231 g/mol. The van der Waals surface area contributed by atoms with Crippen molar-refractivity contribution in [2.24, 2.45) is 17.8 Å². The molecule has 0 spiro atoms. The molecular weight excluding hydrogens is 205 g/mol. The highest BCUT2D eigenvalue weighted by Gasteiger charge is 2.38. The Bertz CT molecular complexity index is 295. The lowest BCUT2D eigenvalue weighted by atomic mass is 9.81. The average Bonchev–Trinajstić information content (AvgIpc) is 3.02. The molecule has 0 amide bonds. The molecule has 0 N–H and O–H groups in total. The van der Waals surface area contributed by atoms with E-state index in [0.29, 0.717) is 17.9 Å². The molecule has 0 aromatic rings. The van der Waals surface area contributed by atoms with E-state index >= 15 is 0 Å². The van der Waals surface area contributed by atoms with Gasteiger partial charge in [0.1, 0.15) is 0 Å². The molecule has 2 aliphatic carbocycles. The summed E-state index contributed by atoms with van der Waals surface area (Å²) in [6, 6.07) is 0.686. The van der Waals surface area contributed by atoms with Crippen LogP contribution in [0.25, 0.3) is 0 Å². The van der Waals surface area contributed by atoms with E-state index in [1.807, 2.05) is 0 Å². The Morgan fingerprint density at radius 2 is 2.06 bits per heavy atom. The maximum Gasteiger partial charge on any atom is 0.0914 e. The highest BCUT2D eigenvalue weighted by atomic mass is 15.2. The van der Waals surface area contributed by atoms with Gasteiger partial charge in [-0.25, -0.2) is 0 Å². The minimum absolute atomic E-state index is 0.219. The molecule has 2 radical (unpaired) electrons. The van der Waals surface area contributed by atoms with E-state index in [1.165, 1.54) is 19.3 Å². The van der Waals surface area contributed by atoms with Crippen LogP contribution in [-0.4, -0.2) is 31.3 Å². The van der Waals surface area contributed by atoms with E-state index in [4.69, 9.17) is 7.85 Å². The zero-order chi connectivity index (χ0) is 12.6. The van der Waals surface area contributed by atoms with E-state index in [2.05, 4.69) is 38.7 Å². The van der Waals surface area contributed by atoms with Crippen molar-refractivity contribution in [1.29, 1.82) is 0 Å². The highest BCUT2D eigenvalue weighted by molar-refractivity contribution is 6.11. The number of hydrogen-bond donors (Lipinski definition) is 0. The lowest BCUT2D eigenvalue weighted by Crippen LogP contribution is -2.48. The third kappa shape index (κ3) is 3.16. The van der Waals surface area contributed by atoms with Crippen LogP contribution in [0.3, 0.4) is 0 Å². The van der Waals surface area contributed by atoms with Crippen molar-refractivity contribution in [1.82, 2.24) is 4.90 Å². The minimum Gasteiger partial charge on any atom is -0.305 e. The molecule has 2 rings (SSSR count). The maximum absolute atomic E-state index is 6.40. The van der Waals surface area contributed by atoms with Crippen molar-refractivity contribution in [3.63, 3.8) is 0 Å². The molecular formula is C15H26BN. The Labute approximate surface area is 108 Å². The van der Waals surface area contributed by atoms with E-state index in [-0.39, 0.29) is 5.94 Å². The number of hydrogen-bond acceptors (Lipinski definition) is 1. The van der Waals surface area contributed by atoms with Gasteiger partial charge in [-0.3, -0.25) is 0 Å². The second-order valence-corrected chi connectivity index (χ2v) is 6.63.